The molecule has 0 bridgehead atoms. The van der Waals surface area contributed by atoms with Crippen molar-refractivity contribution >= 4 is 29.5 Å². The second-order valence-corrected chi connectivity index (χ2v) is 5.98. The minimum Gasteiger partial charge on any atom is -0.473 e. The number of carboxylic acids is 2. The number of likely N-dealkylation sites (tertiary alicyclic amines) is 1. The van der Waals surface area contributed by atoms with E-state index in [1.165, 1.54) is 5.56 Å². The molecule has 2 N–H and O–H groups in total. The molecule has 25 heavy (non-hydrogen) atoms. The lowest BCUT2D eigenvalue weighted by Crippen LogP contribution is -2.36. The van der Waals surface area contributed by atoms with E-state index in [1.54, 1.807) is 0 Å². The molecule has 8 heteroatoms. The summed E-state index contributed by atoms with van der Waals surface area (Å²) in [4.78, 5) is 32.2. The Morgan fingerprint density at radius 1 is 1.12 bits per heavy atom. The van der Waals surface area contributed by atoms with Gasteiger partial charge in [-0.2, -0.15) is 0 Å². The zero-order valence-electron chi connectivity index (χ0n) is 14.0. The highest BCUT2D eigenvalue weighted by Crippen LogP contribution is 2.20. The molecule has 1 aromatic carbocycles. The Balaban J connectivity index is 0.000000450. The van der Waals surface area contributed by atoms with E-state index >= 15 is 0 Å². The number of esters is 1. The molecule has 1 saturated heterocycles. The Morgan fingerprint density at radius 3 is 2.08 bits per heavy atom. The van der Waals surface area contributed by atoms with Gasteiger partial charge in [0.05, 0.1) is 12.5 Å². The summed E-state index contributed by atoms with van der Waals surface area (Å²) in [6.07, 6.45) is 1.79. The van der Waals surface area contributed by atoms with Gasteiger partial charge in [-0.3, -0.25) is 9.69 Å². The van der Waals surface area contributed by atoms with Gasteiger partial charge in [0.25, 0.3) is 0 Å². The Hall–Kier alpha value is -2.12. The maximum absolute atomic E-state index is 11.6. The lowest BCUT2D eigenvalue weighted by Gasteiger charge is -2.30. The molecule has 1 aliphatic heterocycles. The van der Waals surface area contributed by atoms with Crippen molar-refractivity contribution in [2.45, 2.75) is 26.3 Å². The predicted molar refractivity (Wildman–Crippen MR) is 91.4 cm³/mol. The highest BCUT2D eigenvalue weighted by Gasteiger charge is 2.25. The van der Waals surface area contributed by atoms with Crippen LogP contribution in [0.4, 0.5) is 0 Å². The topological polar surface area (TPSA) is 104 Å². The number of hydrogen-bond acceptors (Lipinski definition) is 5. The van der Waals surface area contributed by atoms with E-state index in [0.29, 0.717) is 6.61 Å². The van der Waals surface area contributed by atoms with Crippen molar-refractivity contribution in [2.24, 2.45) is 5.92 Å². The maximum atomic E-state index is 11.6. The highest BCUT2D eigenvalue weighted by atomic mass is 35.5. The number of benzene rings is 1. The number of halogens is 1. The molecule has 138 valence electrons. The third kappa shape index (κ3) is 8.00. The van der Waals surface area contributed by atoms with E-state index in [9.17, 15) is 4.79 Å². The van der Waals surface area contributed by atoms with Gasteiger partial charge in [-0.05, 0) is 50.6 Å². The van der Waals surface area contributed by atoms with Crippen LogP contribution in [-0.2, 0) is 25.7 Å². The normalized spacial score (nSPS) is 15.0. The molecule has 0 amide bonds. The summed E-state index contributed by atoms with van der Waals surface area (Å²) < 4.78 is 5.08. The Morgan fingerprint density at radius 2 is 1.64 bits per heavy atom. The van der Waals surface area contributed by atoms with Crippen molar-refractivity contribution in [3.05, 3.63) is 34.9 Å². The SMILES string of the molecule is CCOC(=O)C1CCN(Cc2ccc(Cl)cc2)CC1.O=C(O)C(=O)O. The molecule has 2 rings (SSSR count). The molecular formula is C17H22ClNO6. The van der Waals surface area contributed by atoms with Gasteiger partial charge in [-0.25, -0.2) is 9.59 Å². The smallest absolute Gasteiger partial charge is 0.414 e. The van der Waals surface area contributed by atoms with E-state index in [0.717, 1.165) is 37.5 Å². The summed E-state index contributed by atoms with van der Waals surface area (Å²) in [5, 5.41) is 15.6. The van der Waals surface area contributed by atoms with Crippen LogP contribution in [0.3, 0.4) is 0 Å². The van der Waals surface area contributed by atoms with Crippen LogP contribution in [0.25, 0.3) is 0 Å². The number of aliphatic carboxylic acids is 2. The molecule has 1 aliphatic rings. The quantitative estimate of drug-likeness (QED) is 0.618. The van der Waals surface area contributed by atoms with Crippen LogP contribution in [-0.4, -0.2) is 52.7 Å². The Kier molecular flexibility index (Phi) is 8.94. The minimum absolute atomic E-state index is 0.0337. The zero-order valence-corrected chi connectivity index (χ0v) is 14.7. The van der Waals surface area contributed by atoms with Crippen molar-refractivity contribution in [1.82, 2.24) is 4.90 Å². The summed E-state index contributed by atoms with van der Waals surface area (Å²) in [5.41, 5.74) is 1.26. The Bertz CT molecular complexity index is 569. The number of piperidine rings is 1. The molecule has 0 aromatic heterocycles. The van der Waals surface area contributed by atoms with Crippen molar-refractivity contribution in [2.75, 3.05) is 19.7 Å². The summed E-state index contributed by atoms with van der Waals surface area (Å²) in [7, 11) is 0. The van der Waals surface area contributed by atoms with E-state index < -0.39 is 11.9 Å². The van der Waals surface area contributed by atoms with Gasteiger partial charge >= 0.3 is 17.9 Å². The van der Waals surface area contributed by atoms with Crippen LogP contribution < -0.4 is 0 Å². The fraction of sp³-hybridized carbons (Fsp3) is 0.471. The maximum Gasteiger partial charge on any atom is 0.414 e. The molecule has 0 saturated carbocycles. The first-order chi connectivity index (χ1) is 11.8. The molecule has 0 aliphatic carbocycles. The fourth-order valence-electron chi connectivity index (χ4n) is 2.43. The van der Waals surface area contributed by atoms with Crippen molar-refractivity contribution in [1.29, 1.82) is 0 Å². The summed E-state index contributed by atoms with van der Waals surface area (Å²) >= 11 is 5.87. The van der Waals surface area contributed by atoms with E-state index in [4.69, 9.17) is 36.1 Å². The first kappa shape index (κ1) is 20.9. The van der Waals surface area contributed by atoms with Crippen LogP contribution in [0.1, 0.15) is 25.3 Å². The van der Waals surface area contributed by atoms with Crippen molar-refractivity contribution in [3.63, 3.8) is 0 Å². The largest absolute Gasteiger partial charge is 0.473 e. The van der Waals surface area contributed by atoms with E-state index in [1.807, 2.05) is 19.1 Å². The minimum atomic E-state index is -1.82. The number of carbonyl (C=O) groups is 3. The van der Waals surface area contributed by atoms with Crippen LogP contribution in [0.2, 0.25) is 5.02 Å². The number of nitrogens with zero attached hydrogens (tertiary/aromatic N) is 1. The molecule has 0 atom stereocenters. The van der Waals surface area contributed by atoms with Gasteiger partial charge in [0.15, 0.2) is 0 Å². The number of carboxylic acid groups (broad SMARTS) is 2. The van der Waals surface area contributed by atoms with E-state index in [2.05, 4.69) is 17.0 Å². The van der Waals surface area contributed by atoms with Crippen LogP contribution in [0.15, 0.2) is 24.3 Å². The number of ether oxygens (including phenoxy) is 1. The fourth-order valence-corrected chi connectivity index (χ4v) is 2.56. The number of hydrogen-bond donors (Lipinski definition) is 2. The number of rotatable bonds is 4. The molecular weight excluding hydrogens is 350 g/mol. The predicted octanol–water partition coefficient (Wildman–Crippen LogP) is 2.27. The average molecular weight is 372 g/mol. The summed E-state index contributed by atoms with van der Waals surface area (Å²) in [5.74, 6) is -3.60. The third-order valence-electron chi connectivity index (χ3n) is 3.71. The molecule has 1 heterocycles. The summed E-state index contributed by atoms with van der Waals surface area (Å²) in [6.45, 7) is 5.16. The van der Waals surface area contributed by atoms with Crippen molar-refractivity contribution < 1.29 is 29.3 Å². The van der Waals surface area contributed by atoms with Gasteiger partial charge in [0.2, 0.25) is 0 Å². The zero-order chi connectivity index (χ0) is 18.8. The van der Waals surface area contributed by atoms with Crippen LogP contribution in [0, 0.1) is 5.92 Å². The second-order valence-electron chi connectivity index (χ2n) is 5.54. The van der Waals surface area contributed by atoms with Crippen molar-refractivity contribution in [3.8, 4) is 0 Å². The standard InChI is InChI=1S/C15H20ClNO2.C2H2O4/c1-2-19-15(18)13-7-9-17(10-8-13)11-12-3-5-14(16)6-4-12;3-1(4)2(5)6/h3-6,13H,2,7-11H2,1H3;(H,3,4)(H,5,6). The van der Waals surface area contributed by atoms with Crippen LogP contribution >= 0.6 is 11.6 Å². The monoisotopic (exact) mass is 371 g/mol. The molecule has 0 spiro atoms. The lowest BCUT2D eigenvalue weighted by atomic mass is 9.96. The lowest BCUT2D eigenvalue weighted by molar-refractivity contribution is -0.159. The van der Waals surface area contributed by atoms with Gasteiger partial charge < -0.3 is 14.9 Å². The number of carbonyl (C=O) groups excluding carboxylic acids is 1. The molecule has 0 radical (unpaired) electrons. The second kappa shape index (κ2) is 10.7. The molecule has 7 nitrogen and oxygen atoms in total. The first-order valence-electron chi connectivity index (χ1n) is 7.93. The van der Waals surface area contributed by atoms with Gasteiger partial charge in [-0.15, -0.1) is 0 Å². The average Bonchev–Trinajstić information content (AvgIpc) is 2.58. The van der Waals surface area contributed by atoms with Gasteiger partial charge in [-0.1, -0.05) is 23.7 Å². The van der Waals surface area contributed by atoms with Gasteiger partial charge in [0.1, 0.15) is 0 Å². The third-order valence-corrected chi connectivity index (χ3v) is 3.96. The molecule has 1 fully saturated rings. The molecule has 0 unspecified atom stereocenters. The van der Waals surface area contributed by atoms with Gasteiger partial charge in [0, 0.05) is 11.6 Å². The first-order valence-corrected chi connectivity index (χ1v) is 8.31. The Labute approximate surface area is 151 Å². The molecule has 1 aromatic rings. The summed E-state index contributed by atoms with van der Waals surface area (Å²) in [6, 6.07) is 7.95. The highest BCUT2D eigenvalue weighted by molar-refractivity contribution is 6.30. The van der Waals surface area contributed by atoms with E-state index in [-0.39, 0.29) is 11.9 Å². The van der Waals surface area contributed by atoms with Crippen LogP contribution in [0.5, 0.6) is 0 Å².